The van der Waals surface area contributed by atoms with Crippen LogP contribution in [0.25, 0.3) is 0 Å². The van der Waals surface area contributed by atoms with Crippen molar-refractivity contribution < 1.29 is 24.2 Å². The predicted octanol–water partition coefficient (Wildman–Crippen LogP) is 3.90. The zero-order valence-electron chi connectivity index (χ0n) is 18.2. The Balaban J connectivity index is 1.35. The second-order valence-electron chi connectivity index (χ2n) is 8.38. The summed E-state index contributed by atoms with van der Waals surface area (Å²) in [5.41, 5.74) is 0.809. The van der Waals surface area contributed by atoms with Gasteiger partial charge in [0, 0.05) is 17.7 Å². The van der Waals surface area contributed by atoms with Crippen LogP contribution < -0.4 is 14.4 Å². The van der Waals surface area contributed by atoms with Crippen LogP contribution in [0, 0.1) is 0 Å². The summed E-state index contributed by atoms with van der Waals surface area (Å²) < 4.78 is 11.1. The van der Waals surface area contributed by atoms with E-state index in [4.69, 9.17) is 9.47 Å². The van der Waals surface area contributed by atoms with Crippen molar-refractivity contribution in [2.24, 2.45) is 0 Å². The third-order valence-electron chi connectivity index (χ3n) is 6.21. The maximum absolute atomic E-state index is 13.4. The average molecular weight is 443 g/mol. The van der Waals surface area contributed by atoms with E-state index in [1.54, 1.807) is 35.2 Å². The lowest BCUT2D eigenvalue weighted by Gasteiger charge is -2.23. The van der Waals surface area contributed by atoms with Gasteiger partial charge in [-0.2, -0.15) is 0 Å². The van der Waals surface area contributed by atoms with Crippen LogP contribution >= 0.6 is 0 Å². The van der Waals surface area contributed by atoms with Crippen molar-refractivity contribution in [3.05, 3.63) is 89.5 Å². The molecule has 0 bridgehead atoms. The first-order valence-corrected chi connectivity index (χ1v) is 11.2. The van der Waals surface area contributed by atoms with Gasteiger partial charge in [0.1, 0.15) is 13.2 Å². The standard InChI is InChI=1S/C27H25NO5/c29-23(20-12-13-24-25(17-20)33-16-15-32-24)18-27(31)21-10-4-5-11-22(21)28(26(27)30)14-6-9-19-7-2-1-3-8-19/h1-5,7-8,10-13,17,31H,6,9,14-16,18H2/t27-/m0/s1. The Bertz CT molecular complexity index is 1190. The van der Waals surface area contributed by atoms with Crippen molar-refractivity contribution in [2.45, 2.75) is 24.9 Å². The second kappa shape index (κ2) is 8.71. The zero-order chi connectivity index (χ0) is 22.8. The third-order valence-corrected chi connectivity index (χ3v) is 6.21. The molecule has 0 fully saturated rings. The van der Waals surface area contributed by atoms with Crippen molar-refractivity contribution in [3.8, 4) is 11.5 Å². The van der Waals surface area contributed by atoms with E-state index in [1.807, 2.05) is 30.3 Å². The molecule has 5 rings (SSSR count). The van der Waals surface area contributed by atoms with Gasteiger partial charge < -0.3 is 19.5 Å². The summed E-state index contributed by atoms with van der Waals surface area (Å²) in [5, 5.41) is 11.5. The molecule has 0 saturated heterocycles. The van der Waals surface area contributed by atoms with E-state index in [0.29, 0.717) is 48.1 Å². The summed E-state index contributed by atoms with van der Waals surface area (Å²) in [6, 6.07) is 22.2. The number of hydrogen-bond acceptors (Lipinski definition) is 5. The summed E-state index contributed by atoms with van der Waals surface area (Å²) in [6.07, 6.45) is 1.23. The molecular formula is C27H25NO5. The van der Waals surface area contributed by atoms with Crippen molar-refractivity contribution >= 4 is 17.4 Å². The quantitative estimate of drug-likeness (QED) is 0.561. The van der Waals surface area contributed by atoms with Crippen molar-refractivity contribution in [1.82, 2.24) is 0 Å². The summed E-state index contributed by atoms with van der Waals surface area (Å²) in [6.45, 7) is 1.34. The van der Waals surface area contributed by atoms with Crippen LogP contribution in [0.1, 0.15) is 34.3 Å². The molecule has 6 heteroatoms. The Kier molecular flexibility index (Phi) is 5.60. The van der Waals surface area contributed by atoms with E-state index in [1.165, 1.54) is 5.56 Å². The molecule has 1 N–H and O–H groups in total. The molecule has 0 unspecified atom stereocenters. The molecule has 0 aromatic heterocycles. The minimum Gasteiger partial charge on any atom is -0.486 e. The van der Waals surface area contributed by atoms with Crippen molar-refractivity contribution in [3.63, 3.8) is 0 Å². The molecule has 6 nitrogen and oxygen atoms in total. The number of ketones is 1. The van der Waals surface area contributed by atoms with Gasteiger partial charge in [0.2, 0.25) is 0 Å². The number of hydrogen-bond donors (Lipinski definition) is 1. The van der Waals surface area contributed by atoms with Gasteiger partial charge in [-0.25, -0.2) is 0 Å². The minimum atomic E-state index is -1.90. The van der Waals surface area contributed by atoms with Crippen molar-refractivity contribution in [2.75, 3.05) is 24.7 Å². The van der Waals surface area contributed by atoms with Gasteiger partial charge in [-0.15, -0.1) is 0 Å². The lowest BCUT2D eigenvalue weighted by molar-refractivity contribution is -0.135. The smallest absolute Gasteiger partial charge is 0.264 e. The van der Waals surface area contributed by atoms with E-state index in [9.17, 15) is 14.7 Å². The van der Waals surface area contributed by atoms with Crippen molar-refractivity contribution in [1.29, 1.82) is 0 Å². The fraction of sp³-hybridized carbons (Fsp3) is 0.259. The molecule has 1 amide bonds. The van der Waals surface area contributed by atoms with Gasteiger partial charge in [0.25, 0.3) is 5.91 Å². The summed E-state index contributed by atoms with van der Waals surface area (Å²) in [4.78, 5) is 28.1. The predicted molar refractivity (Wildman–Crippen MR) is 124 cm³/mol. The molecule has 1 atom stereocenters. The summed E-state index contributed by atoms with van der Waals surface area (Å²) >= 11 is 0. The van der Waals surface area contributed by atoms with E-state index in [-0.39, 0.29) is 12.2 Å². The topological polar surface area (TPSA) is 76.1 Å². The van der Waals surface area contributed by atoms with Crippen LogP contribution in [0.2, 0.25) is 0 Å². The highest BCUT2D eigenvalue weighted by Gasteiger charge is 2.50. The van der Waals surface area contributed by atoms with Gasteiger partial charge in [0.15, 0.2) is 22.9 Å². The lowest BCUT2D eigenvalue weighted by atomic mass is 9.88. The number of ether oxygens (including phenoxy) is 2. The minimum absolute atomic E-state index is 0.330. The van der Waals surface area contributed by atoms with Crippen LogP contribution in [-0.2, 0) is 16.8 Å². The number of rotatable bonds is 7. The summed E-state index contributed by atoms with van der Waals surface area (Å²) in [7, 11) is 0. The highest BCUT2D eigenvalue weighted by Crippen LogP contribution is 2.43. The van der Waals surface area contributed by atoms with Crippen LogP contribution in [0.4, 0.5) is 5.69 Å². The van der Waals surface area contributed by atoms with Gasteiger partial charge >= 0.3 is 0 Å². The number of para-hydroxylation sites is 1. The number of fused-ring (bicyclic) bond motifs is 2. The number of carbonyl (C=O) groups is 2. The zero-order valence-corrected chi connectivity index (χ0v) is 18.2. The molecule has 168 valence electrons. The molecule has 33 heavy (non-hydrogen) atoms. The van der Waals surface area contributed by atoms with Gasteiger partial charge in [-0.05, 0) is 42.7 Å². The number of Topliss-reactive ketones (excluding diaryl/α,β-unsaturated/α-hetero) is 1. The first-order valence-electron chi connectivity index (χ1n) is 11.2. The molecule has 2 heterocycles. The number of carbonyl (C=O) groups excluding carboxylic acids is 2. The molecule has 0 aliphatic carbocycles. The molecule has 3 aromatic rings. The normalized spacial score (nSPS) is 18.8. The lowest BCUT2D eigenvalue weighted by Crippen LogP contribution is -2.42. The van der Waals surface area contributed by atoms with Gasteiger partial charge in [-0.1, -0.05) is 48.5 Å². The maximum atomic E-state index is 13.4. The fourth-order valence-electron chi connectivity index (χ4n) is 4.54. The molecule has 0 saturated carbocycles. The highest BCUT2D eigenvalue weighted by atomic mass is 16.6. The highest BCUT2D eigenvalue weighted by molar-refractivity contribution is 6.10. The van der Waals surface area contributed by atoms with Crippen LogP contribution in [0.15, 0.2) is 72.8 Å². The van der Waals surface area contributed by atoms with Crippen LogP contribution in [0.5, 0.6) is 11.5 Å². The monoisotopic (exact) mass is 443 g/mol. The SMILES string of the molecule is O=C(C[C@@]1(O)C(=O)N(CCCc2ccccc2)c2ccccc21)c1ccc2c(c1)OCCO2. The number of nitrogens with zero attached hydrogens (tertiary/aromatic N) is 1. The molecule has 0 spiro atoms. The van der Waals surface area contributed by atoms with Crippen LogP contribution in [-0.4, -0.2) is 36.6 Å². The van der Waals surface area contributed by atoms with E-state index < -0.39 is 11.5 Å². The Labute approximate surface area is 192 Å². The molecule has 0 radical (unpaired) electrons. The van der Waals surface area contributed by atoms with Crippen LogP contribution in [0.3, 0.4) is 0 Å². The van der Waals surface area contributed by atoms with E-state index in [0.717, 1.165) is 12.8 Å². The first-order chi connectivity index (χ1) is 16.1. The fourth-order valence-corrected chi connectivity index (χ4v) is 4.54. The number of anilines is 1. The molecular weight excluding hydrogens is 418 g/mol. The maximum Gasteiger partial charge on any atom is 0.264 e. The number of aliphatic hydroxyl groups is 1. The third kappa shape index (κ3) is 3.98. The Morgan fingerprint density at radius 1 is 0.939 bits per heavy atom. The van der Waals surface area contributed by atoms with Gasteiger partial charge in [0.05, 0.1) is 12.1 Å². The number of benzene rings is 3. The Hall–Kier alpha value is -3.64. The average Bonchev–Trinajstić information content (AvgIpc) is 3.06. The molecule has 2 aliphatic heterocycles. The van der Waals surface area contributed by atoms with E-state index in [2.05, 4.69) is 12.1 Å². The summed E-state index contributed by atoms with van der Waals surface area (Å²) in [5.74, 6) is 0.301. The Morgan fingerprint density at radius 2 is 1.67 bits per heavy atom. The molecule has 3 aromatic carbocycles. The number of amides is 1. The molecule has 2 aliphatic rings. The number of aryl methyl sites for hydroxylation is 1. The van der Waals surface area contributed by atoms with E-state index >= 15 is 0 Å². The largest absolute Gasteiger partial charge is 0.486 e. The second-order valence-corrected chi connectivity index (χ2v) is 8.38. The Morgan fingerprint density at radius 3 is 2.48 bits per heavy atom. The van der Waals surface area contributed by atoms with Gasteiger partial charge in [-0.3, -0.25) is 9.59 Å². The first kappa shape index (κ1) is 21.2.